The summed E-state index contributed by atoms with van der Waals surface area (Å²) in [4.78, 5) is 3.92. The number of halogens is 2. The van der Waals surface area contributed by atoms with Crippen molar-refractivity contribution in [2.24, 2.45) is 5.41 Å². The number of pyridine rings is 1. The lowest BCUT2D eigenvalue weighted by atomic mass is 10.0. The first kappa shape index (κ1) is 10.7. The summed E-state index contributed by atoms with van der Waals surface area (Å²) in [7, 11) is 0. The van der Waals surface area contributed by atoms with Crippen LogP contribution in [-0.4, -0.2) is 11.5 Å². The quantitative estimate of drug-likeness (QED) is 0.854. The molecular formula is C11H14ClFN2. The number of anilines is 1. The Morgan fingerprint density at radius 2 is 2.33 bits per heavy atom. The maximum Gasteiger partial charge on any atom is 0.166 e. The molecule has 0 radical (unpaired) electrons. The molecule has 4 heteroatoms. The zero-order valence-electron chi connectivity index (χ0n) is 8.69. The Balaban J connectivity index is 1.99. The molecule has 1 N–H and O–H groups in total. The van der Waals surface area contributed by atoms with E-state index >= 15 is 0 Å². The SMILES string of the molecule is CCC1(CNc2ncc(Cl)cc2F)CC1. The van der Waals surface area contributed by atoms with E-state index in [0.717, 1.165) is 13.0 Å². The van der Waals surface area contributed by atoms with E-state index in [4.69, 9.17) is 11.6 Å². The molecule has 0 aliphatic heterocycles. The van der Waals surface area contributed by atoms with Crippen LogP contribution < -0.4 is 5.32 Å². The topological polar surface area (TPSA) is 24.9 Å². The second-order valence-corrected chi connectivity index (χ2v) is 4.63. The van der Waals surface area contributed by atoms with Crippen LogP contribution in [0.1, 0.15) is 26.2 Å². The zero-order valence-corrected chi connectivity index (χ0v) is 9.44. The summed E-state index contributed by atoms with van der Waals surface area (Å²) in [5, 5.41) is 3.38. The normalized spacial score (nSPS) is 17.5. The highest BCUT2D eigenvalue weighted by Crippen LogP contribution is 2.48. The minimum absolute atomic E-state index is 0.305. The summed E-state index contributed by atoms with van der Waals surface area (Å²) in [6.07, 6.45) is 5.05. The average molecular weight is 229 g/mol. The summed E-state index contributed by atoms with van der Waals surface area (Å²) >= 11 is 5.62. The molecule has 2 rings (SSSR count). The van der Waals surface area contributed by atoms with Gasteiger partial charge in [0.2, 0.25) is 0 Å². The Hall–Kier alpha value is -0.830. The van der Waals surface area contributed by atoms with Gasteiger partial charge in [0, 0.05) is 12.7 Å². The summed E-state index contributed by atoms with van der Waals surface area (Å²) in [5.41, 5.74) is 0.383. The van der Waals surface area contributed by atoms with Crippen LogP contribution in [0.2, 0.25) is 5.02 Å². The fourth-order valence-corrected chi connectivity index (χ4v) is 1.79. The molecule has 1 aliphatic carbocycles. The van der Waals surface area contributed by atoms with E-state index in [0.29, 0.717) is 16.3 Å². The van der Waals surface area contributed by atoms with E-state index in [-0.39, 0.29) is 5.82 Å². The lowest BCUT2D eigenvalue weighted by Crippen LogP contribution is -2.15. The van der Waals surface area contributed by atoms with E-state index in [2.05, 4.69) is 17.2 Å². The van der Waals surface area contributed by atoms with Crippen molar-refractivity contribution in [3.8, 4) is 0 Å². The van der Waals surface area contributed by atoms with E-state index in [1.807, 2.05) is 0 Å². The van der Waals surface area contributed by atoms with Gasteiger partial charge in [0.25, 0.3) is 0 Å². The van der Waals surface area contributed by atoms with Crippen LogP contribution in [0.5, 0.6) is 0 Å². The van der Waals surface area contributed by atoms with Crippen molar-refractivity contribution in [3.05, 3.63) is 23.1 Å². The van der Waals surface area contributed by atoms with Gasteiger partial charge in [-0.3, -0.25) is 0 Å². The van der Waals surface area contributed by atoms with Crippen molar-refractivity contribution < 1.29 is 4.39 Å². The zero-order chi connectivity index (χ0) is 10.9. The smallest absolute Gasteiger partial charge is 0.166 e. The van der Waals surface area contributed by atoms with Gasteiger partial charge < -0.3 is 5.32 Å². The molecule has 15 heavy (non-hydrogen) atoms. The van der Waals surface area contributed by atoms with Gasteiger partial charge in [-0.15, -0.1) is 0 Å². The second kappa shape index (κ2) is 3.97. The van der Waals surface area contributed by atoms with E-state index in [1.54, 1.807) is 0 Å². The molecule has 2 nitrogen and oxygen atoms in total. The summed E-state index contributed by atoms with van der Waals surface area (Å²) < 4.78 is 13.3. The molecule has 1 aromatic rings. The van der Waals surface area contributed by atoms with Gasteiger partial charge in [0.1, 0.15) is 0 Å². The van der Waals surface area contributed by atoms with Crippen molar-refractivity contribution in [2.75, 3.05) is 11.9 Å². The monoisotopic (exact) mass is 228 g/mol. The van der Waals surface area contributed by atoms with E-state index in [1.165, 1.54) is 25.1 Å². The predicted octanol–water partition coefficient (Wildman–Crippen LogP) is 3.48. The van der Waals surface area contributed by atoms with Crippen LogP contribution >= 0.6 is 11.6 Å². The van der Waals surface area contributed by atoms with E-state index < -0.39 is 0 Å². The fourth-order valence-electron chi connectivity index (χ4n) is 1.65. The summed E-state index contributed by atoms with van der Waals surface area (Å²) in [5.74, 6) is -0.0754. The second-order valence-electron chi connectivity index (χ2n) is 4.19. The number of hydrogen-bond donors (Lipinski definition) is 1. The van der Waals surface area contributed by atoms with Crippen molar-refractivity contribution in [1.82, 2.24) is 4.98 Å². The lowest BCUT2D eigenvalue weighted by molar-refractivity contribution is 0.517. The average Bonchev–Trinajstić information content (AvgIpc) is 2.97. The Morgan fingerprint density at radius 3 is 2.87 bits per heavy atom. The molecule has 0 aromatic carbocycles. The lowest BCUT2D eigenvalue weighted by Gasteiger charge is -2.14. The fraction of sp³-hybridized carbons (Fsp3) is 0.545. The van der Waals surface area contributed by atoms with Gasteiger partial charge in [-0.25, -0.2) is 9.37 Å². The van der Waals surface area contributed by atoms with Crippen LogP contribution in [0.15, 0.2) is 12.3 Å². The first-order valence-corrected chi connectivity index (χ1v) is 5.58. The van der Waals surface area contributed by atoms with Crippen LogP contribution in [-0.2, 0) is 0 Å². The molecule has 0 bridgehead atoms. The number of hydrogen-bond acceptors (Lipinski definition) is 2. The number of rotatable bonds is 4. The first-order chi connectivity index (χ1) is 7.15. The number of nitrogens with one attached hydrogen (secondary N) is 1. The highest BCUT2D eigenvalue weighted by Gasteiger charge is 2.40. The third-order valence-corrected chi connectivity index (χ3v) is 3.35. The third-order valence-electron chi connectivity index (χ3n) is 3.15. The molecule has 0 amide bonds. The maximum atomic E-state index is 13.3. The van der Waals surface area contributed by atoms with Gasteiger partial charge in [-0.2, -0.15) is 0 Å². The van der Waals surface area contributed by atoms with Crippen LogP contribution in [0, 0.1) is 11.2 Å². The van der Waals surface area contributed by atoms with Crippen molar-refractivity contribution in [2.45, 2.75) is 26.2 Å². The molecule has 0 saturated heterocycles. The highest BCUT2D eigenvalue weighted by atomic mass is 35.5. The van der Waals surface area contributed by atoms with Crippen molar-refractivity contribution >= 4 is 17.4 Å². The molecule has 0 spiro atoms. The van der Waals surface area contributed by atoms with Crippen LogP contribution in [0.25, 0.3) is 0 Å². The standard InChI is InChI=1S/C11H14ClFN2/c1-2-11(3-4-11)7-15-10-9(13)5-8(12)6-14-10/h5-6H,2-4,7H2,1H3,(H,14,15). The van der Waals surface area contributed by atoms with Crippen LogP contribution in [0.3, 0.4) is 0 Å². The van der Waals surface area contributed by atoms with E-state index in [9.17, 15) is 4.39 Å². The number of nitrogens with zero attached hydrogens (tertiary/aromatic N) is 1. The highest BCUT2D eigenvalue weighted by molar-refractivity contribution is 6.30. The molecule has 1 saturated carbocycles. The molecule has 82 valence electrons. The largest absolute Gasteiger partial charge is 0.367 e. The molecule has 0 unspecified atom stereocenters. The van der Waals surface area contributed by atoms with Crippen LogP contribution in [0.4, 0.5) is 10.2 Å². The minimum atomic E-state index is -0.380. The van der Waals surface area contributed by atoms with Gasteiger partial charge in [-0.05, 0) is 30.7 Å². The molecule has 1 aliphatic rings. The maximum absolute atomic E-state index is 13.3. The van der Waals surface area contributed by atoms with Gasteiger partial charge in [0.15, 0.2) is 11.6 Å². The minimum Gasteiger partial charge on any atom is -0.367 e. The van der Waals surface area contributed by atoms with Gasteiger partial charge in [0.05, 0.1) is 5.02 Å². The number of aromatic nitrogens is 1. The molecular weight excluding hydrogens is 215 g/mol. The summed E-state index contributed by atoms with van der Waals surface area (Å²) in [6.45, 7) is 2.97. The summed E-state index contributed by atoms with van der Waals surface area (Å²) in [6, 6.07) is 1.28. The molecule has 0 atom stereocenters. The predicted molar refractivity (Wildman–Crippen MR) is 59.7 cm³/mol. The Bertz CT molecular complexity index is 364. The molecule has 1 heterocycles. The van der Waals surface area contributed by atoms with Gasteiger partial charge in [-0.1, -0.05) is 18.5 Å². The van der Waals surface area contributed by atoms with Crippen molar-refractivity contribution in [3.63, 3.8) is 0 Å². The van der Waals surface area contributed by atoms with Gasteiger partial charge >= 0.3 is 0 Å². The molecule has 1 aromatic heterocycles. The van der Waals surface area contributed by atoms with Crippen molar-refractivity contribution in [1.29, 1.82) is 0 Å². The third kappa shape index (κ3) is 2.40. The first-order valence-electron chi connectivity index (χ1n) is 5.20. The Kier molecular flexibility index (Phi) is 2.83. The Morgan fingerprint density at radius 1 is 1.60 bits per heavy atom. The molecule has 1 fully saturated rings. The Labute approximate surface area is 93.9 Å².